The highest BCUT2D eigenvalue weighted by molar-refractivity contribution is 5.81. The third-order valence-corrected chi connectivity index (χ3v) is 4.51. The molecular formula is C17H23FN2O3. The van der Waals surface area contributed by atoms with Crippen molar-refractivity contribution in [1.29, 1.82) is 0 Å². The zero-order chi connectivity index (χ0) is 16.2. The summed E-state index contributed by atoms with van der Waals surface area (Å²) in [5, 5.41) is 2.98. The normalized spacial score (nSPS) is 28.7. The molecule has 1 aromatic carbocycles. The maximum atomic E-state index is 13.0. The van der Waals surface area contributed by atoms with E-state index in [9.17, 15) is 9.18 Å². The van der Waals surface area contributed by atoms with E-state index in [1.54, 1.807) is 12.1 Å². The molecule has 0 aliphatic carbocycles. The molecule has 5 nitrogen and oxygen atoms in total. The van der Waals surface area contributed by atoms with Gasteiger partial charge in [-0.3, -0.25) is 4.79 Å². The second-order valence-corrected chi connectivity index (χ2v) is 6.26. The Morgan fingerprint density at radius 3 is 2.83 bits per heavy atom. The molecule has 2 heterocycles. The molecule has 3 atom stereocenters. The molecule has 0 aromatic heterocycles. The highest BCUT2D eigenvalue weighted by atomic mass is 19.1. The summed E-state index contributed by atoms with van der Waals surface area (Å²) in [4.78, 5) is 14.3. The van der Waals surface area contributed by atoms with Crippen molar-refractivity contribution in [3.05, 3.63) is 35.6 Å². The first-order chi connectivity index (χ1) is 11.1. The molecule has 0 saturated carbocycles. The number of hydrogen-bond acceptors (Lipinski definition) is 4. The molecule has 0 radical (unpaired) electrons. The summed E-state index contributed by atoms with van der Waals surface area (Å²) in [5.74, 6) is -0.123. The first-order valence-corrected chi connectivity index (χ1v) is 8.08. The van der Waals surface area contributed by atoms with Gasteiger partial charge in [-0.1, -0.05) is 12.1 Å². The minimum atomic E-state index is -0.402. The van der Waals surface area contributed by atoms with E-state index in [4.69, 9.17) is 9.47 Å². The standard InChI is InChI=1S/C17H23FN2O3/c1-20-7-9-22-15(11-20)17(21)19-10-13-6-8-23-16(13)12-2-4-14(18)5-3-12/h2-5,13,15-16H,6-11H2,1H3,(H,19,21)/t13-,15+,16-/m0/s1. The number of carbonyl (C=O) groups excluding carboxylic acids is 1. The van der Waals surface area contributed by atoms with Gasteiger partial charge in [0.25, 0.3) is 0 Å². The lowest BCUT2D eigenvalue weighted by Crippen LogP contribution is -2.49. The van der Waals surface area contributed by atoms with Gasteiger partial charge in [-0.15, -0.1) is 0 Å². The summed E-state index contributed by atoms with van der Waals surface area (Å²) >= 11 is 0. The Labute approximate surface area is 135 Å². The van der Waals surface area contributed by atoms with Crippen molar-refractivity contribution in [2.75, 3.05) is 39.9 Å². The Morgan fingerprint density at radius 1 is 1.30 bits per heavy atom. The molecular weight excluding hydrogens is 299 g/mol. The number of nitrogens with one attached hydrogen (secondary N) is 1. The maximum Gasteiger partial charge on any atom is 0.250 e. The Bertz CT molecular complexity index is 537. The van der Waals surface area contributed by atoms with Gasteiger partial charge < -0.3 is 19.7 Å². The SMILES string of the molecule is CN1CCO[C@@H](C(=O)NC[C@@H]2CCO[C@H]2c2ccc(F)cc2)C1. The van der Waals surface area contributed by atoms with Crippen molar-refractivity contribution < 1.29 is 18.7 Å². The zero-order valence-electron chi connectivity index (χ0n) is 13.3. The van der Waals surface area contributed by atoms with E-state index in [0.717, 1.165) is 18.5 Å². The summed E-state index contributed by atoms with van der Waals surface area (Å²) < 4.78 is 24.3. The van der Waals surface area contributed by atoms with E-state index in [0.29, 0.717) is 26.3 Å². The van der Waals surface area contributed by atoms with E-state index in [1.165, 1.54) is 12.1 Å². The van der Waals surface area contributed by atoms with Gasteiger partial charge in [0.15, 0.2) is 0 Å². The minimum absolute atomic E-state index is 0.0682. The average Bonchev–Trinajstić information content (AvgIpc) is 3.02. The lowest BCUT2D eigenvalue weighted by atomic mass is 9.95. The first kappa shape index (κ1) is 16.4. The Kier molecular flexibility index (Phi) is 5.25. The second-order valence-electron chi connectivity index (χ2n) is 6.26. The minimum Gasteiger partial charge on any atom is -0.373 e. The van der Waals surface area contributed by atoms with Crippen LogP contribution in [-0.2, 0) is 14.3 Å². The van der Waals surface area contributed by atoms with E-state index in [-0.39, 0.29) is 23.7 Å². The highest BCUT2D eigenvalue weighted by Gasteiger charge is 2.31. The van der Waals surface area contributed by atoms with Crippen molar-refractivity contribution >= 4 is 5.91 Å². The van der Waals surface area contributed by atoms with E-state index >= 15 is 0 Å². The molecule has 23 heavy (non-hydrogen) atoms. The second kappa shape index (κ2) is 7.38. The molecule has 6 heteroatoms. The number of hydrogen-bond donors (Lipinski definition) is 1. The maximum absolute atomic E-state index is 13.0. The Balaban J connectivity index is 1.54. The van der Waals surface area contributed by atoms with Gasteiger partial charge >= 0.3 is 0 Å². The van der Waals surface area contributed by atoms with Crippen LogP contribution >= 0.6 is 0 Å². The average molecular weight is 322 g/mol. The zero-order valence-corrected chi connectivity index (χ0v) is 13.3. The summed E-state index contributed by atoms with van der Waals surface area (Å²) in [6.45, 7) is 3.26. The number of morpholine rings is 1. The van der Waals surface area contributed by atoms with Crippen molar-refractivity contribution in [3.8, 4) is 0 Å². The number of rotatable bonds is 4. The molecule has 2 aliphatic heterocycles. The third-order valence-electron chi connectivity index (χ3n) is 4.51. The molecule has 2 fully saturated rings. The number of carbonyl (C=O) groups is 1. The molecule has 2 saturated heterocycles. The topological polar surface area (TPSA) is 50.8 Å². The molecule has 126 valence electrons. The third kappa shape index (κ3) is 4.07. The molecule has 0 spiro atoms. The lowest BCUT2D eigenvalue weighted by molar-refractivity contribution is -0.138. The number of nitrogens with zero attached hydrogens (tertiary/aromatic N) is 1. The summed E-state index contributed by atoms with van der Waals surface area (Å²) in [7, 11) is 1.98. The van der Waals surface area contributed by atoms with Crippen LogP contribution in [0.2, 0.25) is 0 Å². The predicted molar refractivity (Wildman–Crippen MR) is 83.4 cm³/mol. The van der Waals surface area contributed by atoms with E-state index in [2.05, 4.69) is 10.2 Å². The molecule has 2 aliphatic rings. The van der Waals surface area contributed by atoms with Crippen molar-refractivity contribution in [2.24, 2.45) is 5.92 Å². The van der Waals surface area contributed by atoms with Crippen LogP contribution in [0.5, 0.6) is 0 Å². The summed E-state index contributed by atoms with van der Waals surface area (Å²) in [6.07, 6.45) is 0.388. The number of ether oxygens (including phenoxy) is 2. The van der Waals surface area contributed by atoms with Crippen LogP contribution in [0.1, 0.15) is 18.1 Å². The van der Waals surface area contributed by atoms with Gasteiger partial charge in [0.2, 0.25) is 5.91 Å². The van der Waals surface area contributed by atoms with E-state index in [1.807, 2.05) is 7.05 Å². The molecule has 0 unspecified atom stereocenters. The molecule has 0 bridgehead atoms. The van der Waals surface area contributed by atoms with Gasteiger partial charge in [0, 0.05) is 32.2 Å². The first-order valence-electron chi connectivity index (χ1n) is 8.08. The molecule has 3 rings (SSSR count). The van der Waals surface area contributed by atoms with Gasteiger partial charge in [-0.05, 0) is 31.2 Å². The quantitative estimate of drug-likeness (QED) is 0.909. The number of amides is 1. The van der Waals surface area contributed by atoms with Crippen LogP contribution < -0.4 is 5.32 Å². The Morgan fingerprint density at radius 2 is 2.09 bits per heavy atom. The fourth-order valence-corrected chi connectivity index (χ4v) is 3.15. The number of benzene rings is 1. The predicted octanol–water partition coefficient (Wildman–Crippen LogP) is 1.35. The molecule has 1 aromatic rings. The number of likely N-dealkylation sites (N-methyl/N-ethyl adjacent to an activating group) is 1. The molecule has 1 N–H and O–H groups in total. The smallest absolute Gasteiger partial charge is 0.250 e. The summed E-state index contributed by atoms with van der Waals surface area (Å²) in [5.41, 5.74) is 0.955. The highest BCUT2D eigenvalue weighted by Crippen LogP contribution is 2.34. The van der Waals surface area contributed by atoms with E-state index < -0.39 is 6.10 Å². The largest absolute Gasteiger partial charge is 0.373 e. The van der Waals surface area contributed by atoms with Crippen LogP contribution in [0.25, 0.3) is 0 Å². The van der Waals surface area contributed by atoms with Crippen molar-refractivity contribution in [2.45, 2.75) is 18.6 Å². The lowest BCUT2D eigenvalue weighted by Gasteiger charge is -2.29. The fourth-order valence-electron chi connectivity index (χ4n) is 3.15. The van der Waals surface area contributed by atoms with Gasteiger partial charge in [-0.2, -0.15) is 0 Å². The van der Waals surface area contributed by atoms with Gasteiger partial charge in [0.1, 0.15) is 11.9 Å². The van der Waals surface area contributed by atoms with Gasteiger partial charge in [0.05, 0.1) is 12.7 Å². The fraction of sp³-hybridized carbons (Fsp3) is 0.588. The van der Waals surface area contributed by atoms with Gasteiger partial charge in [-0.25, -0.2) is 4.39 Å². The summed E-state index contributed by atoms with van der Waals surface area (Å²) in [6, 6.07) is 6.38. The van der Waals surface area contributed by atoms with Crippen LogP contribution in [0.15, 0.2) is 24.3 Å². The van der Waals surface area contributed by atoms with Crippen molar-refractivity contribution in [1.82, 2.24) is 10.2 Å². The molecule has 1 amide bonds. The van der Waals surface area contributed by atoms with Crippen LogP contribution in [-0.4, -0.2) is 56.8 Å². The number of halogens is 1. The van der Waals surface area contributed by atoms with Crippen molar-refractivity contribution in [3.63, 3.8) is 0 Å². The van der Waals surface area contributed by atoms with Crippen LogP contribution in [0.4, 0.5) is 4.39 Å². The Hall–Kier alpha value is -1.50. The van der Waals surface area contributed by atoms with Crippen LogP contribution in [0.3, 0.4) is 0 Å². The van der Waals surface area contributed by atoms with Crippen LogP contribution in [0, 0.1) is 11.7 Å². The monoisotopic (exact) mass is 322 g/mol.